The van der Waals surface area contributed by atoms with Crippen LogP contribution in [-0.2, 0) is 4.79 Å². The van der Waals surface area contributed by atoms with Gasteiger partial charge in [-0.25, -0.2) is 0 Å². The summed E-state index contributed by atoms with van der Waals surface area (Å²) < 4.78 is 1.77. The van der Waals surface area contributed by atoms with Crippen LogP contribution in [0.4, 0.5) is 0 Å². The number of rotatable bonds is 5. The minimum absolute atomic E-state index is 0.130. The summed E-state index contributed by atoms with van der Waals surface area (Å²) in [6.07, 6.45) is 4.77. The maximum atomic E-state index is 12.4. The van der Waals surface area contributed by atoms with Gasteiger partial charge in [0.2, 0.25) is 5.91 Å². The van der Waals surface area contributed by atoms with Gasteiger partial charge in [-0.1, -0.05) is 22.9 Å². The van der Waals surface area contributed by atoms with Crippen LogP contribution in [0, 0.1) is 3.57 Å². The zero-order chi connectivity index (χ0) is 16.8. The lowest BCUT2D eigenvalue weighted by Crippen LogP contribution is -2.44. The molecule has 1 fully saturated rings. The summed E-state index contributed by atoms with van der Waals surface area (Å²) in [5.74, 6) is 0.0231. The number of carbonyl (C=O) groups excluding carboxylic acids is 2. The first-order valence-corrected chi connectivity index (χ1v) is 9.92. The molecule has 6 heteroatoms. The zero-order valence-corrected chi connectivity index (χ0v) is 17.0. The van der Waals surface area contributed by atoms with E-state index in [4.69, 9.17) is 0 Å². The van der Waals surface area contributed by atoms with Gasteiger partial charge in [0.1, 0.15) is 0 Å². The van der Waals surface area contributed by atoms with Crippen LogP contribution in [0.3, 0.4) is 0 Å². The summed E-state index contributed by atoms with van der Waals surface area (Å²) in [5, 5.41) is 2.86. The van der Waals surface area contributed by atoms with E-state index in [0.717, 1.165) is 33.9 Å². The lowest BCUT2D eigenvalue weighted by atomic mass is 9.99. The number of nitrogens with one attached hydrogen (secondary N) is 1. The average Bonchev–Trinajstić information content (AvgIpc) is 2.56. The topological polar surface area (TPSA) is 49.4 Å². The molecule has 4 nitrogen and oxygen atoms in total. The molecule has 1 aromatic rings. The number of amides is 2. The lowest BCUT2D eigenvalue weighted by Gasteiger charge is -2.35. The van der Waals surface area contributed by atoms with Crippen LogP contribution in [0.1, 0.15) is 49.4 Å². The van der Waals surface area contributed by atoms with Crippen molar-refractivity contribution in [1.82, 2.24) is 10.2 Å². The van der Waals surface area contributed by atoms with Crippen molar-refractivity contribution >= 4 is 50.3 Å². The molecule has 2 amide bonds. The molecule has 1 heterocycles. The van der Waals surface area contributed by atoms with Crippen molar-refractivity contribution in [3.63, 3.8) is 0 Å². The highest BCUT2D eigenvalue weighted by Crippen LogP contribution is 2.20. The second kappa shape index (κ2) is 9.01. The fourth-order valence-corrected chi connectivity index (χ4v) is 3.89. The number of halogens is 2. The van der Waals surface area contributed by atoms with Gasteiger partial charge in [-0.3, -0.25) is 9.59 Å². The molecule has 1 aliphatic heterocycles. The van der Waals surface area contributed by atoms with Crippen LogP contribution >= 0.6 is 38.5 Å². The molecule has 1 atom stereocenters. The minimum atomic E-state index is -0.130. The Morgan fingerprint density at radius 1 is 1.39 bits per heavy atom. The first kappa shape index (κ1) is 18.7. The van der Waals surface area contributed by atoms with Crippen molar-refractivity contribution in [2.24, 2.45) is 0 Å². The summed E-state index contributed by atoms with van der Waals surface area (Å²) >= 11 is 5.52. The highest BCUT2D eigenvalue weighted by molar-refractivity contribution is 14.1. The second-order valence-corrected chi connectivity index (χ2v) is 7.85. The van der Waals surface area contributed by atoms with Crippen LogP contribution < -0.4 is 5.32 Å². The van der Waals surface area contributed by atoms with E-state index < -0.39 is 0 Å². The van der Waals surface area contributed by atoms with E-state index in [1.165, 1.54) is 6.42 Å². The Labute approximate surface area is 159 Å². The second-order valence-electron chi connectivity index (χ2n) is 5.78. The van der Waals surface area contributed by atoms with Gasteiger partial charge in [-0.2, -0.15) is 0 Å². The number of carbonyl (C=O) groups is 2. The van der Waals surface area contributed by atoms with E-state index in [9.17, 15) is 9.59 Å². The van der Waals surface area contributed by atoms with Gasteiger partial charge in [-0.05, 0) is 66.5 Å². The molecule has 0 saturated carbocycles. The normalized spacial score (nSPS) is 17.9. The van der Waals surface area contributed by atoms with Crippen molar-refractivity contribution in [1.29, 1.82) is 0 Å². The Kier molecular flexibility index (Phi) is 7.33. The summed E-state index contributed by atoms with van der Waals surface area (Å²) in [7, 11) is 0. The molecule has 23 heavy (non-hydrogen) atoms. The molecule has 0 radical (unpaired) electrons. The SMILES string of the molecule is CCC1CCCCN1C(=O)CCNC(=O)c1cc(Br)ccc1I. The number of piperidine rings is 1. The van der Waals surface area contributed by atoms with Crippen molar-refractivity contribution in [3.05, 3.63) is 31.8 Å². The smallest absolute Gasteiger partial charge is 0.252 e. The van der Waals surface area contributed by atoms with Gasteiger partial charge >= 0.3 is 0 Å². The van der Waals surface area contributed by atoms with Crippen LogP contribution in [0.2, 0.25) is 0 Å². The third-order valence-electron chi connectivity index (χ3n) is 4.22. The molecule has 1 N–H and O–H groups in total. The van der Waals surface area contributed by atoms with Crippen LogP contribution in [0.15, 0.2) is 22.7 Å². The van der Waals surface area contributed by atoms with Crippen LogP contribution in [-0.4, -0.2) is 35.8 Å². The molecule has 2 rings (SSSR count). The van der Waals surface area contributed by atoms with Crippen LogP contribution in [0.25, 0.3) is 0 Å². The first-order chi connectivity index (χ1) is 11.0. The number of benzene rings is 1. The Morgan fingerprint density at radius 2 is 2.17 bits per heavy atom. The first-order valence-electron chi connectivity index (χ1n) is 8.05. The van der Waals surface area contributed by atoms with Crippen molar-refractivity contribution in [2.75, 3.05) is 13.1 Å². The quantitative estimate of drug-likeness (QED) is 0.632. The predicted octanol–water partition coefficient (Wildman–Crippen LogP) is 3.96. The van der Waals surface area contributed by atoms with Gasteiger partial charge in [0.05, 0.1) is 5.56 Å². The van der Waals surface area contributed by atoms with E-state index in [1.807, 2.05) is 17.0 Å². The Balaban J connectivity index is 1.85. The third-order valence-corrected chi connectivity index (χ3v) is 5.65. The highest BCUT2D eigenvalue weighted by Gasteiger charge is 2.24. The van der Waals surface area contributed by atoms with Gasteiger partial charge in [0.25, 0.3) is 5.91 Å². The molecule has 1 saturated heterocycles. The average molecular weight is 493 g/mol. The van der Waals surface area contributed by atoms with E-state index in [1.54, 1.807) is 6.07 Å². The largest absolute Gasteiger partial charge is 0.351 e. The maximum absolute atomic E-state index is 12.4. The molecule has 0 bridgehead atoms. The molecule has 1 unspecified atom stereocenters. The number of hydrogen-bond donors (Lipinski definition) is 1. The number of likely N-dealkylation sites (tertiary alicyclic amines) is 1. The Bertz CT molecular complexity index is 580. The monoisotopic (exact) mass is 492 g/mol. The number of hydrogen-bond acceptors (Lipinski definition) is 2. The lowest BCUT2D eigenvalue weighted by molar-refractivity contribution is -0.134. The molecule has 126 valence electrons. The van der Waals surface area contributed by atoms with Gasteiger partial charge in [0.15, 0.2) is 0 Å². The van der Waals surface area contributed by atoms with E-state index in [-0.39, 0.29) is 11.8 Å². The highest BCUT2D eigenvalue weighted by atomic mass is 127. The standard InChI is InChI=1S/C17H22BrIN2O2/c1-2-13-5-3-4-10-21(13)16(22)8-9-20-17(23)14-11-12(18)6-7-15(14)19/h6-7,11,13H,2-5,8-10H2,1H3,(H,20,23). The molecule has 0 aliphatic carbocycles. The maximum Gasteiger partial charge on any atom is 0.252 e. The van der Waals surface area contributed by atoms with Gasteiger partial charge < -0.3 is 10.2 Å². The molecule has 1 aliphatic rings. The third kappa shape index (κ3) is 5.17. The molecule has 0 aromatic heterocycles. The van der Waals surface area contributed by atoms with E-state index in [2.05, 4.69) is 50.8 Å². The van der Waals surface area contributed by atoms with Gasteiger partial charge in [-0.15, -0.1) is 0 Å². The minimum Gasteiger partial charge on any atom is -0.351 e. The summed E-state index contributed by atoms with van der Waals surface area (Å²) in [6.45, 7) is 3.37. The van der Waals surface area contributed by atoms with E-state index in [0.29, 0.717) is 24.6 Å². The molecular weight excluding hydrogens is 471 g/mol. The summed E-state index contributed by atoms with van der Waals surface area (Å²) in [6, 6.07) is 5.97. The van der Waals surface area contributed by atoms with Crippen molar-refractivity contribution in [3.8, 4) is 0 Å². The van der Waals surface area contributed by atoms with E-state index >= 15 is 0 Å². The fourth-order valence-electron chi connectivity index (χ4n) is 2.95. The summed E-state index contributed by atoms with van der Waals surface area (Å²) in [4.78, 5) is 26.6. The van der Waals surface area contributed by atoms with Crippen LogP contribution in [0.5, 0.6) is 0 Å². The molecular formula is C17H22BrIN2O2. The zero-order valence-electron chi connectivity index (χ0n) is 13.3. The summed E-state index contributed by atoms with van der Waals surface area (Å²) in [5.41, 5.74) is 0.636. The van der Waals surface area contributed by atoms with Crippen molar-refractivity contribution in [2.45, 2.75) is 45.1 Å². The number of nitrogens with zero attached hydrogens (tertiary/aromatic N) is 1. The Hall–Kier alpha value is -0.630. The Morgan fingerprint density at radius 3 is 2.91 bits per heavy atom. The predicted molar refractivity (Wildman–Crippen MR) is 103 cm³/mol. The molecule has 0 spiro atoms. The van der Waals surface area contributed by atoms with Gasteiger partial charge in [0, 0.05) is 33.6 Å². The van der Waals surface area contributed by atoms with Crippen molar-refractivity contribution < 1.29 is 9.59 Å². The molecule has 1 aromatic carbocycles. The fraction of sp³-hybridized carbons (Fsp3) is 0.529.